The summed E-state index contributed by atoms with van der Waals surface area (Å²) in [7, 11) is 0. The zero-order valence-electron chi connectivity index (χ0n) is 9.15. The molecule has 0 aliphatic heterocycles. The van der Waals surface area contributed by atoms with Crippen molar-refractivity contribution in [3.63, 3.8) is 0 Å². The van der Waals surface area contributed by atoms with Crippen molar-refractivity contribution >= 4 is 11.7 Å². The minimum Gasteiger partial charge on any atom is -0.325 e. The van der Waals surface area contributed by atoms with E-state index in [4.69, 9.17) is 0 Å². The molecule has 2 aromatic heterocycles. The van der Waals surface area contributed by atoms with Gasteiger partial charge in [-0.1, -0.05) is 6.92 Å². The SMILES string of the molecule is CCc1cc(NC(=O)c2c[nH]c(=O)cn2)n[nH]1. The second-order valence-electron chi connectivity index (χ2n) is 3.38. The van der Waals surface area contributed by atoms with Crippen LogP contribution in [0.1, 0.15) is 23.1 Å². The van der Waals surface area contributed by atoms with Crippen LogP contribution >= 0.6 is 0 Å². The third kappa shape index (κ3) is 2.57. The van der Waals surface area contributed by atoms with Crippen LogP contribution in [-0.4, -0.2) is 26.1 Å². The van der Waals surface area contributed by atoms with Crippen molar-refractivity contribution in [3.8, 4) is 0 Å². The van der Waals surface area contributed by atoms with Gasteiger partial charge in [-0.3, -0.25) is 14.7 Å². The van der Waals surface area contributed by atoms with Crippen LogP contribution in [0.25, 0.3) is 0 Å². The molecule has 0 aliphatic rings. The molecule has 0 aliphatic carbocycles. The highest BCUT2D eigenvalue weighted by atomic mass is 16.2. The summed E-state index contributed by atoms with van der Waals surface area (Å²) in [6, 6.07) is 1.74. The van der Waals surface area contributed by atoms with Crippen LogP contribution in [0, 0.1) is 0 Å². The summed E-state index contributed by atoms with van der Waals surface area (Å²) in [5.74, 6) is 0.00949. The molecule has 0 bridgehead atoms. The maximum atomic E-state index is 11.7. The molecule has 0 unspecified atom stereocenters. The number of H-pyrrole nitrogens is 2. The predicted octanol–water partition coefficient (Wildman–Crippen LogP) is 0.308. The van der Waals surface area contributed by atoms with Gasteiger partial charge in [-0.05, 0) is 6.42 Å². The van der Waals surface area contributed by atoms with Crippen LogP contribution in [0.4, 0.5) is 5.82 Å². The van der Waals surface area contributed by atoms with Crippen molar-refractivity contribution in [2.75, 3.05) is 5.32 Å². The second kappa shape index (κ2) is 4.60. The molecule has 7 nitrogen and oxygen atoms in total. The van der Waals surface area contributed by atoms with Gasteiger partial charge in [0.25, 0.3) is 11.5 Å². The molecule has 0 spiro atoms. The first kappa shape index (κ1) is 11.1. The van der Waals surface area contributed by atoms with Crippen LogP contribution in [0.3, 0.4) is 0 Å². The Bertz CT molecular complexity index is 566. The Kier molecular flexibility index (Phi) is 2.99. The maximum Gasteiger partial charge on any atom is 0.276 e. The maximum absolute atomic E-state index is 11.7. The van der Waals surface area contributed by atoms with Gasteiger partial charge in [0.05, 0.1) is 6.20 Å². The van der Waals surface area contributed by atoms with Gasteiger partial charge in [-0.2, -0.15) is 5.10 Å². The van der Waals surface area contributed by atoms with E-state index in [1.54, 1.807) is 6.07 Å². The number of carbonyl (C=O) groups is 1. The smallest absolute Gasteiger partial charge is 0.276 e. The molecule has 3 N–H and O–H groups in total. The molecule has 88 valence electrons. The van der Waals surface area contributed by atoms with Crippen molar-refractivity contribution in [1.29, 1.82) is 0 Å². The number of hydrogen-bond donors (Lipinski definition) is 3. The number of amides is 1. The first-order chi connectivity index (χ1) is 8.19. The zero-order valence-corrected chi connectivity index (χ0v) is 9.15. The van der Waals surface area contributed by atoms with Gasteiger partial charge in [0.2, 0.25) is 0 Å². The minimum atomic E-state index is -0.421. The highest BCUT2D eigenvalue weighted by molar-refractivity contribution is 6.02. The topological polar surface area (TPSA) is 104 Å². The summed E-state index contributed by atoms with van der Waals surface area (Å²) in [4.78, 5) is 28.5. The molecule has 0 atom stereocenters. The van der Waals surface area contributed by atoms with E-state index in [9.17, 15) is 9.59 Å². The summed E-state index contributed by atoms with van der Waals surface area (Å²) in [5, 5.41) is 9.26. The number of nitrogens with zero attached hydrogens (tertiary/aromatic N) is 2. The molecule has 7 heteroatoms. The molecule has 1 amide bonds. The second-order valence-corrected chi connectivity index (χ2v) is 3.38. The number of nitrogens with one attached hydrogen (secondary N) is 3. The van der Waals surface area contributed by atoms with E-state index in [0.29, 0.717) is 5.82 Å². The number of aromatic amines is 2. The Morgan fingerprint density at radius 3 is 2.94 bits per heavy atom. The lowest BCUT2D eigenvalue weighted by Crippen LogP contribution is -2.17. The highest BCUT2D eigenvalue weighted by Gasteiger charge is 2.09. The fraction of sp³-hybridized carbons (Fsp3) is 0.200. The third-order valence-electron chi connectivity index (χ3n) is 2.16. The van der Waals surface area contributed by atoms with Crippen molar-refractivity contribution in [1.82, 2.24) is 20.2 Å². The zero-order chi connectivity index (χ0) is 12.3. The molecule has 0 saturated carbocycles. The first-order valence-electron chi connectivity index (χ1n) is 5.09. The molecule has 2 aromatic rings. The van der Waals surface area contributed by atoms with E-state index in [1.165, 1.54) is 6.20 Å². The van der Waals surface area contributed by atoms with Gasteiger partial charge in [0.15, 0.2) is 5.82 Å². The number of aryl methyl sites for hydroxylation is 1. The van der Waals surface area contributed by atoms with Crippen LogP contribution in [0.5, 0.6) is 0 Å². The van der Waals surface area contributed by atoms with Gasteiger partial charge in [0.1, 0.15) is 5.69 Å². The standard InChI is InChI=1S/C10H11N5O2/c1-2-6-3-8(15-14-6)13-10(17)7-4-12-9(16)5-11-7/h3-5H,2H2,1H3,(H,12,16)(H2,13,14,15,17). The molecule has 2 rings (SSSR count). The Labute approximate surface area is 96.3 Å². The van der Waals surface area contributed by atoms with Crippen LogP contribution in [-0.2, 0) is 6.42 Å². The highest BCUT2D eigenvalue weighted by Crippen LogP contribution is 2.06. The molecule has 2 heterocycles. The number of rotatable bonds is 3. The minimum absolute atomic E-state index is 0.130. The molecule has 0 radical (unpaired) electrons. The molecule has 17 heavy (non-hydrogen) atoms. The summed E-state index contributed by atoms with van der Waals surface area (Å²) >= 11 is 0. The monoisotopic (exact) mass is 233 g/mol. The Hall–Kier alpha value is -2.44. The molecular weight excluding hydrogens is 222 g/mol. The van der Waals surface area contributed by atoms with Crippen molar-refractivity contribution < 1.29 is 4.79 Å². The van der Waals surface area contributed by atoms with Gasteiger partial charge >= 0.3 is 0 Å². The predicted molar refractivity (Wildman–Crippen MR) is 60.8 cm³/mol. The fourth-order valence-electron chi connectivity index (χ4n) is 1.25. The van der Waals surface area contributed by atoms with Crippen molar-refractivity contribution in [3.05, 3.63) is 40.2 Å². The lowest BCUT2D eigenvalue weighted by atomic mass is 10.3. The van der Waals surface area contributed by atoms with Gasteiger partial charge in [-0.25, -0.2) is 4.98 Å². The average Bonchev–Trinajstić information content (AvgIpc) is 2.77. The number of carbonyl (C=O) groups excluding carboxylic acids is 1. The third-order valence-corrected chi connectivity index (χ3v) is 2.16. The number of aromatic nitrogens is 4. The summed E-state index contributed by atoms with van der Waals surface area (Å²) in [6.45, 7) is 1.97. The van der Waals surface area contributed by atoms with Crippen molar-refractivity contribution in [2.24, 2.45) is 0 Å². The molecule has 0 aromatic carbocycles. The quantitative estimate of drug-likeness (QED) is 0.709. The van der Waals surface area contributed by atoms with E-state index in [-0.39, 0.29) is 11.3 Å². The van der Waals surface area contributed by atoms with Gasteiger partial charge in [-0.15, -0.1) is 0 Å². The number of anilines is 1. The average molecular weight is 233 g/mol. The lowest BCUT2D eigenvalue weighted by molar-refractivity contribution is 0.102. The first-order valence-corrected chi connectivity index (χ1v) is 5.09. The van der Waals surface area contributed by atoms with Crippen molar-refractivity contribution in [2.45, 2.75) is 13.3 Å². The lowest BCUT2D eigenvalue weighted by Gasteiger charge is -1.99. The van der Waals surface area contributed by atoms with E-state index >= 15 is 0 Å². The van der Waals surface area contributed by atoms with E-state index in [0.717, 1.165) is 18.3 Å². The van der Waals surface area contributed by atoms with E-state index < -0.39 is 5.91 Å². The summed E-state index contributed by atoms with van der Waals surface area (Å²) in [6.07, 6.45) is 3.11. The van der Waals surface area contributed by atoms with Crippen LogP contribution < -0.4 is 10.9 Å². The van der Waals surface area contributed by atoms with Gasteiger partial charge in [0, 0.05) is 18.0 Å². The largest absolute Gasteiger partial charge is 0.325 e. The van der Waals surface area contributed by atoms with E-state index in [2.05, 4.69) is 25.5 Å². The summed E-state index contributed by atoms with van der Waals surface area (Å²) < 4.78 is 0. The molecule has 0 saturated heterocycles. The molecular formula is C10H11N5O2. The van der Waals surface area contributed by atoms with E-state index in [1.807, 2.05) is 6.92 Å². The normalized spacial score (nSPS) is 10.2. The Morgan fingerprint density at radius 2 is 2.35 bits per heavy atom. The van der Waals surface area contributed by atoms with Crippen LogP contribution in [0.2, 0.25) is 0 Å². The Morgan fingerprint density at radius 1 is 1.53 bits per heavy atom. The molecule has 0 fully saturated rings. The fourth-order valence-corrected chi connectivity index (χ4v) is 1.25. The number of hydrogen-bond acceptors (Lipinski definition) is 4. The summed E-state index contributed by atoms with van der Waals surface area (Å²) in [5.41, 5.74) is 0.704. The van der Waals surface area contributed by atoms with Crippen LogP contribution in [0.15, 0.2) is 23.3 Å². The van der Waals surface area contributed by atoms with Gasteiger partial charge < -0.3 is 10.3 Å². The Balaban J connectivity index is 2.11.